The number of hydrogen-bond acceptors (Lipinski definition) is 8. The summed E-state index contributed by atoms with van der Waals surface area (Å²) in [5.74, 6) is -0.968. The van der Waals surface area contributed by atoms with E-state index in [0.29, 0.717) is 15.8 Å². The Labute approximate surface area is 159 Å². The van der Waals surface area contributed by atoms with Gasteiger partial charge in [0, 0.05) is 6.20 Å². The van der Waals surface area contributed by atoms with Crippen LogP contribution in [0.4, 0.5) is 13.2 Å². The number of carbonyl (C=O) groups excluding carboxylic acids is 1. The molecule has 0 saturated carbocycles. The van der Waals surface area contributed by atoms with E-state index >= 15 is 0 Å². The van der Waals surface area contributed by atoms with Gasteiger partial charge in [0.2, 0.25) is 5.13 Å². The Balaban J connectivity index is 1.76. The number of nitrogens with zero attached hydrogens (tertiary/aromatic N) is 6. The van der Waals surface area contributed by atoms with Crippen molar-refractivity contribution in [3.63, 3.8) is 0 Å². The minimum Gasteiger partial charge on any atom is -0.404 e. The molecule has 0 bridgehead atoms. The van der Waals surface area contributed by atoms with Gasteiger partial charge in [0.25, 0.3) is 5.91 Å². The van der Waals surface area contributed by atoms with Gasteiger partial charge in [-0.2, -0.15) is 15.0 Å². The second-order valence-corrected chi connectivity index (χ2v) is 6.31. The SMILES string of the molecule is C[C@H](NC(=O)c1cncc(OC(F)(F)F)c1)c1ncnn1-c1ncc(C#N)s1. The van der Waals surface area contributed by atoms with Crippen molar-refractivity contribution in [2.75, 3.05) is 0 Å². The Morgan fingerprint density at radius 1 is 1.36 bits per heavy atom. The summed E-state index contributed by atoms with van der Waals surface area (Å²) in [6.07, 6.45) is -0.302. The summed E-state index contributed by atoms with van der Waals surface area (Å²) >= 11 is 1.09. The number of carbonyl (C=O) groups is 1. The standard InChI is InChI=1S/C15H10F3N7O2S/c1-8(12-22-7-23-25(12)14-21-6-11(3-19)28-14)24-13(26)9-2-10(5-20-4-9)27-15(16,17)18/h2,4-8H,1H3,(H,24,26)/t8-/m0/s1. The Bertz CT molecular complexity index is 1040. The maximum Gasteiger partial charge on any atom is 0.573 e. The molecule has 0 aromatic carbocycles. The van der Waals surface area contributed by atoms with Crippen LogP contribution < -0.4 is 10.1 Å². The highest BCUT2D eigenvalue weighted by atomic mass is 32.1. The van der Waals surface area contributed by atoms with Crippen LogP contribution in [0.5, 0.6) is 5.75 Å². The summed E-state index contributed by atoms with van der Waals surface area (Å²) in [5, 5.41) is 15.9. The lowest BCUT2D eigenvalue weighted by molar-refractivity contribution is -0.274. The third kappa shape index (κ3) is 4.41. The fourth-order valence-corrected chi connectivity index (χ4v) is 2.86. The normalized spacial score (nSPS) is 12.2. The van der Waals surface area contributed by atoms with Gasteiger partial charge in [-0.15, -0.1) is 13.2 Å². The zero-order chi connectivity index (χ0) is 20.3. The molecule has 0 unspecified atom stereocenters. The summed E-state index contributed by atoms with van der Waals surface area (Å²) in [6.45, 7) is 1.61. The van der Waals surface area contributed by atoms with Crippen LogP contribution in [-0.4, -0.2) is 37.0 Å². The number of halogens is 3. The molecule has 1 N–H and O–H groups in total. The zero-order valence-electron chi connectivity index (χ0n) is 14.0. The summed E-state index contributed by atoms with van der Waals surface area (Å²) in [5.41, 5.74) is -0.124. The summed E-state index contributed by atoms with van der Waals surface area (Å²) in [4.78, 5) is 24.5. The van der Waals surface area contributed by atoms with Crippen molar-refractivity contribution in [1.82, 2.24) is 30.0 Å². The average Bonchev–Trinajstić information content (AvgIpc) is 3.29. The van der Waals surface area contributed by atoms with Gasteiger partial charge >= 0.3 is 6.36 Å². The predicted octanol–water partition coefficient (Wildman–Crippen LogP) is 2.38. The minimum absolute atomic E-state index is 0.124. The third-order valence-corrected chi connectivity index (χ3v) is 4.18. The van der Waals surface area contributed by atoms with Gasteiger partial charge in [0.15, 0.2) is 5.82 Å². The molecule has 0 aliphatic heterocycles. The lowest BCUT2D eigenvalue weighted by Crippen LogP contribution is -2.29. The molecule has 0 aliphatic rings. The second kappa shape index (κ2) is 7.61. The van der Waals surface area contributed by atoms with Crippen molar-refractivity contribution >= 4 is 17.2 Å². The Morgan fingerprint density at radius 2 is 2.14 bits per heavy atom. The molecule has 0 aliphatic carbocycles. The third-order valence-electron chi connectivity index (χ3n) is 3.30. The van der Waals surface area contributed by atoms with Crippen LogP contribution in [0.2, 0.25) is 0 Å². The van der Waals surface area contributed by atoms with Crippen molar-refractivity contribution in [3.8, 4) is 17.0 Å². The average molecular weight is 409 g/mol. The highest BCUT2D eigenvalue weighted by molar-refractivity contribution is 7.14. The second-order valence-electron chi connectivity index (χ2n) is 5.30. The molecule has 9 nitrogen and oxygen atoms in total. The van der Waals surface area contributed by atoms with Gasteiger partial charge < -0.3 is 10.1 Å². The number of nitrogens with one attached hydrogen (secondary N) is 1. The van der Waals surface area contributed by atoms with Gasteiger partial charge in [0.1, 0.15) is 23.0 Å². The van der Waals surface area contributed by atoms with E-state index in [1.807, 2.05) is 6.07 Å². The van der Waals surface area contributed by atoms with Gasteiger partial charge in [-0.1, -0.05) is 11.3 Å². The first kappa shape index (κ1) is 19.2. The number of ether oxygens (including phenoxy) is 1. The fourth-order valence-electron chi connectivity index (χ4n) is 2.18. The number of hydrogen-bond donors (Lipinski definition) is 1. The molecule has 28 heavy (non-hydrogen) atoms. The molecular formula is C15H10F3N7O2S. The number of amides is 1. The first-order valence-corrected chi connectivity index (χ1v) is 8.36. The zero-order valence-corrected chi connectivity index (χ0v) is 14.8. The molecule has 3 aromatic heterocycles. The Morgan fingerprint density at radius 3 is 2.82 bits per heavy atom. The van der Waals surface area contributed by atoms with Crippen LogP contribution in [-0.2, 0) is 0 Å². The van der Waals surface area contributed by atoms with Crippen LogP contribution >= 0.6 is 11.3 Å². The molecule has 0 fully saturated rings. The molecule has 1 amide bonds. The number of alkyl halides is 3. The molecule has 0 radical (unpaired) electrons. The van der Waals surface area contributed by atoms with E-state index in [0.717, 1.165) is 29.8 Å². The fraction of sp³-hybridized carbons (Fsp3) is 0.200. The molecule has 144 valence electrons. The monoisotopic (exact) mass is 409 g/mol. The van der Waals surface area contributed by atoms with Crippen molar-refractivity contribution in [2.24, 2.45) is 0 Å². The number of pyridine rings is 1. The maximum absolute atomic E-state index is 12.4. The van der Waals surface area contributed by atoms with E-state index in [1.165, 1.54) is 17.2 Å². The highest BCUT2D eigenvalue weighted by Gasteiger charge is 2.31. The van der Waals surface area contributed by atoms with Crippen LogP contribution in [0.1, 0.15) is 34.0 Å². The van der Waals surface area contributed by atoms with Crippen LogP contribution in [0.3, 0.4) is 0 Å². The van der Waals surface area contributed by atoms with Gasteiger partial charge in [-0.25, -0.2) is 9.97 Å². The van der Waals surface area contributed by atoms with E-state index in [4.69, 9.17) is 5.26 Å². The molecule has 0 spiro atoms. The van der Waals surface area contributed by atoms with Gasteiger partial charge in [-0.05, 0) is 13.0 Å². The van der Waals surface area contributed by atoms with E-state index in [2.05, 4.69) is 30.1 Å². The predicted molar refractivity (Wildman–Crippen MR) is 88.5 cm³/mol. The van der Waals surface area contributed by atoms with E-state index in [1.54, 1.807) is 6.92 Å². The molecule has 3 aromatic rings. The minimum atomic E-state index is -4.89. The topological polar surface area (TPSA) is 119 Å². The first-order chi connectivity index (χ1) is 13.3. The summed E-state index contributed by atoms with van der Waals surface area (Å²) in [6, 6.07) is 2.21. The summed E-state index contributed by atoms with van der Waals surface area (Å²) in [7, 11) is 0. The Hall–Kier alpha value is -3.53. The summed E-state index contributed by atoms with van der Waals surface area (Å²) < 4.78 is 42.0. The van der Waals surface area contributed by atoms with Crippen LogP contribution in [0, 0.1) is 11.3 Å². The molecular weight excluding hydrogens is 399 g/mol. The quantitative estimate of drug-likeness (QED) is 0.687. The lowest BCUT2D eigenvalue weighted by Gasteiger charge is -2.14. The number of nitriles is 1. The van der Waals surface area contributed by atoms with E-state index < -0.39 is 24.1 Å². The van der Waals surface area contributed by atoms with Crippen molar-refractivity contribution in [1.29, 1.82) is 5.26 Å². The molecule has 0 saturated heterocycles. The number of aromatic nitrogens is 5. The molecule has 1 atom stereocenters. The number of rotatable bonds is 5. The van der Waals surface area contributed by atoms with E-state index in [9.17, 15) is 18.0 Å². The van der Waals surface area contributed by atoms with Crippen LogP contribution in [0.25, 0.3) is 5.13 Å². The van der Waals surface area contributed by atoms with Crippen molar-refractivity contribution < 1.29 is 22.7 Å². The van der Waals surface area contributed by atoms with Gasteiger partial charge in [-0.3, -0.25) is 9.78 Å². The lowest BCUT2D eigenvalue weighted by atomic mass is 10.2. The first-order valence-electron chi connectivity index (χ1n) is 7.54. The van der Waals surface area contributed by atoms with E-state index in [-0.39, 0.29) is 5.56 Å². The van der Waals surface area contributed by atoms with Crippen molar-refractivity contribution in [2.45, 2.75) is 19.3 Å². The molecule has 3 heterocycles. The smallest absolute Gasteiger partial charge is 0.404 e. The molecule has 13 heteroatoms. The maximum atomic E-state index is 12.4. The van der Waals surface area contributed by atoms with Crippen LogP contribution in [0.15, 0.2) is 31.0 Å². The highest BCUT2D eigenvalue weighted by Crippen LogP contribution is 2.23. The Kier molecular flexibility index (Phi) is 5.23. The largest absolute Gasteiger partial charge is 0.573 e. The van der Waals surface area contributed by atoms with Crippen molar-refractivity contribution in [3.05, 3.63) is 47.2 Å². The van der Waals surface area contributed by atoms with Gasteiger partial charge in [0.05, 0.1) is 24.0 Å². The number of thiazole rings is 1. The molecule has 3 rings (SSSR count).